The van der Waals surface area contributed by atoms with Crippen LogP contribution in [0.1, 0.15) is 39.4 Å². The number of rotatable bonds is 10. The van der Waals surface area contributed by atoms with Crippen LogP contribution in [0, 0.1) is 0 Å². The highest BCUT2D eigenvalue weighted by Crippen LogP contribution is 2.32. The Balaban J connectivity index is 1.49. The van der Waals surface area contributed by atoms with Crippen molar-refractivity contribution < 1.29 is 19.4 Å². The van der Waals surface area contributed by atoms with Crippen molar-refractivity contribution >= 4 is 28.5 Å². The quantitative estimate of drug-likeness (QED) is 0.168. The van der Waals surface area contributed by atoms with E-state index in [-0.39, 0.29) is 6.42 Å². The van der Waals surface area contributed by atoms with Crippen LogP contribution in [0.25, 0.3) is 10.9 Å². The van der Waals surface area contributed by atoms with Crippen molar-refractivity contribution in [3.05, 3.63) is 138 Å². The van der Waals surface area contributed by atoms with E-state index in [1.54, 1.807) is 31.4 Å². The zero-order valence-corrected chi connectivity index (χ0v) is 22.0. The molecule has 0 fully saturated rings. The monoisotopic (exact) mass is 531 g/mol. The van der Waals surface area contributed by atoms with Gasteiger partial charge in [-0.15, -0.1) is 0 Å². The normalized spacial score (nSPS) is 12.2. The summed E-state index contributed by atoms with van der Waals surface area (Å²) in [5, 5.41) is 15.7. The van der Waals surface area contributed by atoms with Gasteiger partial charge in [0.25, 0.3) is 5.91 Å². The number of nitrogens with zero attached hydrogens (tertiary/aromatic N) is 2. The fraction of sp³-hybridized carbons (Fsp3) is 0.121. The number of hydrogen-bond donors (Lipinski definition) is 2. The number of aromatic nitrogens is 1. The maximum atomic E-state index is 12.8. The maximum absolute atomic E-state index is 12.8. The van der Waals surface area contributed by atoms with Crippen LogP contribution >= 0.6 is 0 Å². The SMILES string of the molecule is COc1ccc(C(=O)N/N=C(/CC(C(=O)O)c2cn(Cc3ccccc3)c3ccccc23)c2ccccc2)cc1. The lowest BCUT2D eigenvalue weighted by Crippen LogP contribution is -2.23. The summed E-state index contributed by atoms with van der Waals surface area (Å²) in [5.74, 6) is -1.62. The number of nitrogens with one attached hydrogen (secondary N) is 1. The number of para-hydroxylation sites is 1. The Morgan fingerprint density at radius 3 is 2.17 bits per heavy atom. The van der Waals surface area contributed by atoms with Crippen LogP contribution in [-0.4, -0.2) is 34.4 Å². The molecule has 5 aromatic rings. The lowest BCUT2D eigenvalue weighted by atomic mass is 9.91. The van der Waals surface area contributed by atoms with Crippen LogP contribution in [0.15, 0.2) is 120 Å². The van der Waals surface area contributed by atoms with E-state index in [1.807, 2.05) is 79.0 Å². The summed E-state index contributed by atoms with van der Waals surface area (Å²) in [6.07, 6.45) is 2.01. The average Bonchev–Trinajstić information content (AvgIpc) is 3.35. The van der Waals surface area contributed by atoms with Gasteiger partial charge in [0.1, 0.15) is 5.75 Å². The maximum Gasteiger partial charge on any atom is 0.311 e. The zero-order valence-electron chi connectivity index (χ0n) is 22.0. The first-order valence-electron chi connectivity index (χ1n) is 12.9. The molecule has 200 valence electrons. The molecule has 0 aliphatic heterocycles. The van der Waals surface area contributed by atoms with Crippen LogP contribution in [0.4, 0.5) is 0 Å². The third kappa shape index (κ3) is 5.94. The molecule has 2 N–H and O–H groups in total. The number of carboxylic acid groups (broad SMARTS) is 1. The van der Waals surface area contributed by atoms with Gasteiger partial charge < -0.3 is 14.4 Å². The molecular formula is C33H29N3O4. The van der Waals surface area contributed by atoms with Crippen molar-refractivity contribution in [2.75, 3.05) is 7.11 Å². The van der Waals surface area contributed by atoms with E-state index in [2.05, 4.69) is 27.2 Å². The molecular weight excluding hydrogens is 502 g/mol. The number of carbonyl (C=O) groups excluding carboxylic acids is 1. The topological polar surface area (TPSA) is 92.9 Å². The van der Waals surface area contributed by atoms with Crippen molar-refractivity contribution in [1.29, 1.82) is 0 Å². The number of aliphatic carboxylic acids is 1. The molecule has 40 heavy (non-hydrogen) atoms. The molecule has 0 aliphatic rings. The molecule has 1 heterocycles. The standard InChI is InChI=1S/C33H29N3O4/c1-40-26-18-16-25(17-19-26)32(37)35-34-30(24-12-6-3-7-13-24)20-28(33(38)39)29-22-36(21-23-10-4-2-5-11-23)31-15-9-8-14-27(29)31/h2-19,22,28H,20-21H2,1H3,(H,35,37)(H,38,39)/b34-30-. The van der Waals surface area contributed by atoms with E-state index in [1.165, 1.54) is 0 Å². The fourth-order valence-electron chi connectivity index (χ4n) is 4.77. The van der Waals surface area contributed by atoms with E-state index in [9.17, 15) is 14.7 Å². The molecule has 0 saturated carbocycles. The minimum absolute atomic E-state index is 0.0849. The highest BCUT2D eigenvalue weighted by molar-refractivity contribution is 6.05. The molecule has 1 aromatic heterocycles. The first-order valence-corrected chi connectivity index (χ1v) is 12.9. The van der Waals surface area contributed by atoms with Gasteiger partial charge in [0.15, 0.2) is 0 Å². The first-order chi connectivity index (χ1) is 19.5. The van der Waals surface area contributed by atoms with Crippen molar-refractivity contribution in [2.24, 2.45) is 5.10 Å². The van der Waals surface area contributed by atoms with E-state index in [4.69, 9.17) is 4.74 Å². The molecule has 4 aromatic carbocycles. The second-order valence-electron chi connectivity index (χ2n) is 9.40. The van der Waals surface area contributed by atoms with Gasteiger partial charge in [-0.2, -0.15) is 5.10 Å². The minimum atomic E-state index is -0.965. The fourth-order valence-corrected chi connectivity index (χ4v) is 4.77. The minimum Gasteiger partial charge on any atom is -0.497 e. The van der Waals surface area contributed by atoms with Gasteiger partial charge in [-0.25, -0.2) is 5.43 Å². The third-order valence-electron chi connectivity index (χ3n) is 6.84. The Morgan fingerprint density at radius 1 is 0.850 bits per heavy atom. The molecule has 7 heteroatoms. The molecule has 7 nitrogen and oxygen atoms in total. The van der Waals surface area contributed by atoms with Crippen molar-refractivity contribution in [3.63, 3.8) is 0 Å². The largest absolute Gasteiger partial charge is 0.497 e. The molecule has 0 aliphatic carbocycles. The summed E-state index contributed by atoms with van der Waals surface area (Å²) in [6, 6.07) is 33.9. The summed E-state index contributed by atoms with van der Waals surface area (Å²) >= 11 is 0. The van der Waals surface area contributed by atoms with Crippen LogP contribution in [0.2, 0.25) is 0 Å². The van der Waals surface area contributed by atoms with Gasteiger partial charge in [0.05, 0.1) is 18.7 Å². The number of carboxylic acids is 1. The highest BCUT2D eigenvalue weighted by Gasteiger charge is 2.27. The number of amides is 1. The van der Waals surface area contributed by atoms with Crippen LogP contribution in [-0.2, 0) is 11.3 Å². The molecule has 0 spiro atoms. The Morgan fingerprint density at radius 2 is 1.50 bits per heavy atom. The first kappa shape index (κ1) is 26.4. The number of methoxy groups -OCH3 is 1. The number of hydrazone groups is 1. The number of carbonyl (C=O) groups is 2. The Labute approximate surface area is 232 Å². The lowest BCUT2D eigenvalue weighted by Gasteiger charge is -2.15. The molecule has 0 bridgehead atoms. The van der Waals surface area contributed by atoms with E-state index < -0.39 is 17.8 Å². The van der Waals surface area contributed by atoms with Gasteiger partial charge in [-0.1, -0.05) is 78.9 Å². The number of hydrogen-bond acceptors (Lipinski definition) is 4. The van der Waals surface area contributed by atoms with Crippen LogP contribution in [0.5, 0.6) is 5.75 Å². The van der Waals surface area contributed by atoms with E-state index >= 15 is 0 Å². The van der Waals surface area contributed by atoms with Crippen LogP contribution in [0.3, 0.4) is 0 Å². The Bertz CT molecular complexity index is 1640. The van der Waals surface area contributed by atoms with E-state index in [0.717, 1.165) is 22.0 Å². The molecule has 1 unspecified atom stereocenters. The number of benzene rings is 4. The molecule has 1 amide bonds. The van der Waals surface area contributed by atoms with Gasteiger partial charge in [-0.05, 0) is 47.0 Å². The van der Waals surface area contributed by atoms with Gasteiger partial charge >= 0.3 is 5.97 Å². The molecule has 5 rings (SSSR count). The second kappa shape index (κ2) is 12.1. The predicted molar refractivity (Wildman–Crippen MR) is 156 cm³/mol. The third-order valence-corrected chi connectivity index (χ3v) is 6.84. The number of ether oxygens (including phenoxy) is 1. The van der Waals surface area contributed by atoms with Gasteiger partial charge in [0, 0.05) is 35.6 Å². The molecule has 1 atom stereocenters. The molecule has 0 saturated heterocycles. The number of fused-ring (bicyclic) bond motifs is 1. The van der Waals surface area contributed by atoms with Crippen molar-refractivity contribution in [3.8, 4) is 5.75 Å². The average molecular weight is 532 g/mol. The van der Waals surface area contributed by atoms with Gasteiger partial charge in [0.2, 0.25) is 0 Å². The van der Waals surface area contributed by atoms with Crippen molar-refractivity contribution in [1.82, 2.24) is 9.99 Å². The van der Waals surface area contributed by atoms with Crippen LogP contribution < -0.4 is 10.2 Å². The lowest BCUT2D eigenvalue weighted by molar-refractivity contribution is -0.138. The Kier molecular flexibility index (Phi) is 8.02. The van der Waals surface area contributed by atoms with E-state index in [0.29, 0.717) is 29.1 Å². The molecule has 0 radical (unpaired) electrons. The predicted octanol–water partition coefficient (Wildman–Crippen LogP) is 6.09. The Hall–Kier alpha value is -5.17. The highest BCUT2D eigenvalue weighted by atomic mass is 16.5. The second-order valence-corrected chi connectivity index (χ2v) is 9.40. The zero-order chi connectivity index (χ0) is 27.9. The summed E-state index contributed by atoms with van der Waals surface area (Å²) in [4.78, 5) is 25.6. The smallest absolute Gasteiger partial charge is 0.311 e. The van der Waals surface area contributed by atoms with Crippen molar-refractivity contribution in [2.45, 2.75) is 18.9 Å². The van der Waals surface area contributed by atoms with Gasteiger partial charge in [-0.3, -0.25) is 9.59 Å². The summed E-state index contributed by atoms with van der Waals surface area (Å²) in [5.41, 5.74) is 7.00. The summed E-state index contributed by atoms with van der Waals surface area (Å²) in [7, 11) is 1.56. The summed E-state index contributed by atoms with van der Waals surface area (Å²) in [6.45, 7) is 0.616. The summed E-state index contributed by atoms with van der Waals surface area (Å²) < 4.78 is 7.25.